The Bertz CT molecular complexity index is 987. The van der Waals surface area contributed by atoms with E-state index in [1.54, 1.807) is 10.9 Å². The minimum absolute atomic E-state index is 0.327. The van der Waals surface area contributed by atoms with Crippen molar-refractivity contribution >= 4 is 28.8 Å². The predicted octanol–water partition coefficient (Wildman–Crippen LogP) is 2.52. The maximum Gasteiger partial charge on any atom is 0.164 e. The van der Waals surface area contributed by atoms with Gasteiger partial charge in [0, 0.05) is 48.6 Å². The van der Waals surface area contributed by atoms with Gasteiger partial charge >= 0.3 is 0 Å². The third-order valence-corrected chi connectivity index (χ3v) is 4.57. The molecule has 1 aliphatic rings. The number of morpholine rings is 1. The van der Waals surface area contributed by atoms with Crippen molar-refractivity contribution in [3.8, 4) is 11.1 Å². The summed E-state index contributed by atoms with van der Waals surface area (Å²) in [5, 5.41) is 5.42. The average molecular weight is 362 g/mol. The van der Waals surface area contributed by atoms with E-state index in [0.717, 1.165) is 54.9 Å². The normalized spacial score (nSPS) is 15.6. The van der Waals surface area contributed by atoms with E-state index in [-0.39, 0.29) is 0 Å². The first-order valence-corrected chi connectivity index (χ1v) is 8.93. The summed E-state index contributed by atoms with van der Waals surface area (Å²) < 4.78 is 6.94. The third-order valence-electron chi connectivity index (χ3n) is 4.57. The molecule has 1 aliphatic heterocycles. The molecule has 138 valence electrons. The number of nitrogens with zero attached hydrogens (tertiary/aromatic N) is 5. The van der Waals surface area contributed by atoms with Crippen LogP contribution in [0.1, 0.15) is 0 Å². The molecule has 1 aromatic carbocycles. The summed E-state index contributed by atoms with van der Waals surface area (Å²) in [5.41, 5.74) is 8.67. The largest absolute Gasteiger partial charge is 0.384 e. The Morgan fingerprint density at radius 2 is 2.07 bits per heavy atom. The molecule has 2 aromatic heterocycles. The molecule has 1 saturated heterocycles. The molecule has 0 bridgehead atoms. The average Bonchev–Trinajstić information content (AvgIpc) is 3.12. The molecule has 4 rings (SSSR count). The minimum atomic E-state index is 0.327. The molecule has 0 aliphatic carbocycles. The van der Waals surface area contributed by atoms with Gasteiger partial charge in [-0.3, -0.25) is 9.88 Å². The molecule has 1 fully saturated rings. The van der Waals surface area contributed by atoms with Crippen molar-refractivity contribution in [3.63, 3.8) is 0 Å². The van der Waals surface area contributed by atoms with E-state index in [9.17, 15) is 0 Å². The number of hydrogen-bond acceptors (Lipinski definition) is 6. The molecular formula is C20H22N6O. The molecule has 3 heterocycles. The van der Waals surface area contributed by atoms with Gasteiger partial charge in [0.25, 0.3) is 0 Å². The van der Waals surface area contributed by atoms with Crippen LogP contribution in [0.2, 0.25) is 0 Å². The van der Waals surface area contributed by atoms with Gasteiger partial charge in [-0.15, -0.1) is 0 Å². The SMILES string of the molecule is C=C(N)n1ncc(-c2cnc3ccccc3c2)c1/N=C/CN1CCOCC1. The van der Waals surface area contributed by atoms with E-state index < -0.39 is 0 Å². The van der Waals surface area contributed by atoms with Gasteiger partial charge in [-0.05, 0) is 12.1 Å². The molecule has 0 amide bonds. The van der Waals surface area contributed by atoms with Gasteiger partial charge in [-0.2, -0.15) is 9.78 Å². The Balaban J connectivity index is 1.66. The number of rotatable bonds is 5. The van der Waals surface area contributed by atoms with E-state index in [0.29, 0.717) is 11.6 Å². The fourth-order valence-electron chi connectivity index (χ4n) is 3.12. The fourth-order valence-corrected chi connectivity index (χ4v) is 3.12. The standard InChI is InChI=1S/C20H22N6O/c1-15(21)26-20(22-6-7-25-8-10-27-11-9-25)18(14-24-26)17-12-16-4-2-3-5-19(16)23-13-17/h2-6,12-14H,1,7-11,21H2/b22-6+. The van der Waals surface area contributed by atoms with Crippen LogP contribution in [0.5, 0.6) is 0 Å². The number of ether oxygens (including phenoxy) is 1. The molecule has 7 nitrogen and oxygen atoms in total. The highest BCUT2D eigenvalue weighted by Gasteiger charge is 2.14. The topological polar surface area (TPSA) is 81.6 Å². The van der Waals surface area contributed by atoms with Crippen LogP contribution < -0.4 is 5.73 Å². The molecule has 0 saturated carbocycles. The second-order valence-electron chi connectivity index (χ2n) is 6.43. The van der Waals surface area contributed by atoms with Gasteiger partial charge in [0.2, 0.25) is 0 Å². The van der Waals surface area contributed by atoms with Crippen molar-refractivity contribution in [2.45, 2.75) is 0 Å². The van der Waals surface area contributed by atoms with Crippen LogP contribution in [0.15, 0.2) is 54.3 Å². The highest BCUT2D eigenvalue weighted by Crippen LogP contribution is 2.32. The van der Waals surface area contributed by atoms with Crippen LogP contribution in [-0.4, -0.2) is 58.7 Å². The Morgan fingerprint density at radius 3 is 2.89 bits per heavy atom. The monoisotopic (exact) mass is 362 g/mol. The quantitative estimate of drug-likeness (QED) is 0.705. The Kier molecular flexibility index (Phi) is 4.95. The Hall–Kier alpha value is -3.03. The number of benzene rings is 1. The second kappa shape index (κ2) is 7.69. The smallest absolute Gasteiger partial charge is 0.164 e. The molecule has 0 radical (unpaired) electrons. The number of aromatic nitrogens is 3. The number of nitrogens with two attached hydrogens (primary N) is 1. The second-order valence-corrected chi connectivity index (χ2v) is 6.43. The zero-order valence-electron chi connectivity index (χ0n) is 15.1. The highest BCUT2D eigenvalue weighted by atomic mass is 16.5. The third kappa shape index (κ3) is 3.74. The molecule has 0 atom stereocenters. The van der Waals surface area contributed by atoms with Crippen LogP contribution >= 0.6 is 0 Å². The lowest BCUT2D eigenvalue weighted by Crippen LogP contribution is -2.37. The van der Waals surface area contributed by atoms with E-state index in [1.807, 2.05) is 36.7 Å². The van der Waals surface area contributed by atoms with Crippen molar-refractivity contribution in [3.05, 3.63) is 49.3 Å². The van der Waals surface area contributed by atoms with Crippen molar-refractivity contribution in [1.82, 2.24) is 19.7 Å². The van der Waals surface area contributed by atoms with Gasteiger partial charge < -0.3 is 10.5 Å². The van der Waals surface area contributed by atoms with Crippen molar-refractivity contribution in [2.75, 3.05) is 32.8 Å². The van der Waals surface area contributed by atoms with E-state index in [1.165, 1.54) is 0 Å². The molecular weight excluding hydrogens is 340 g/mol. The van der Waals surface area contributed by atoms with E-state index in [2.05, 4.69) is 32.6 Å². The molecule has 0 unspecified atom stereocenters. The predicted molar refractivity (Wildman–Crippen MR) is 108 cm³/mol. The van der Waals surface area contributed by atoms with Gasteiger partial charge in [0.15, 0.2) is 5.82 Å². The maximum absolute atomic E-state index is 5.90. The van der Waals surface area contributed by atoms with Crippen LogP contribution in [0.4, 0.5) is 5.82 Å². The lowest BCUT2D eigenvalue weighted by atomic mass is 10.1. The zero-order chi connectivity index (χ0) is 18.6. The first kappa shape index (κ1) is 17.4. The molecule has 0 spiro atoms. The summed E-state index contributed by atoms with van der Waals surface area (Å²) in [4.78, 5) is 11.5. The van der Waals surface area contributed by atoms with Gasteiger partial charge in [0.05, 0.1) is 24.9 Å². The van der Waals surface area contributed by atoms with Crippen molar-refractivity contribution in [2.24, 2.45) is 10.7 Å². The molecule has 3 aromatic rings. The summed E-state index contributed by atoms with van der Waals surface area (Å²) in [5.74, 6) is 0.987. The van der Waals surface area contributed by atoms with Crippen LogP contribution in [-0.2, 0) is 4.74 Å². The highest BCUT2D eigenvalue weighted by molar-refractivity contribution is 5.86. The minimum Gasteiger partial charge on any atom is -0.384 e. The first-order chi connectivity index (χ1) is 13.2. The van der Waals surface area contributed by atoms with Crippen LogP contribution in [0, 0.1) is 0 Å². The van der Waals surface area contributed by atoms with E-state index in [4.69, 9.17) is 10.5 Å². The summed E-state index contributed by atoms with van der Waals surface area (Å²) in [6.07, 6.45) is 5.48. The lowest BCUT2D eigenvalue weighted by molar-refractivity contribution is 0.0457. The molecule has 7 heteroatoms. The summed E-state index contributed by atoms with van der Waals surface area (Å²) in [6.45, 7) is 7.91. The Labute approximate surface area is 157 Å². The van der Waals surface area contributed by atoms with Crippen LogP contribution in [0.3, 0.4) is 0 Å². The summed E-state index contributed by atoms with van der Waals surface area (Å²) in [6, 6.07) is 10.1. The van der Waals surface area contributed by atoms with Crippen molar-refractivity contribution < 1.29 is 4.74 Å². The number of fused-ring (bicyclic) bond motifs is 1. The van der Waals surface area contributed by atoms with Crippen LogP contribution in [0.25, 0.3) is 27.9 Å². The summed E-state index contributed by atoms with van der Waals surface area (Å²) >= 11 is 0. The maximum atomic E-state index is 5.90. The number of pyridine rings is 1. The molecule has 27 heavy (non-hydrogen) atoms. The first-order valence-electron chi connectivity index (χ1n) is 8.93. The fraction of sp³-hybridized carbons (Fsp3) is 0.250. The van der Waals surface area contributed by atoms with Crippen molar-refractivity contribution in [1.29, 1.82) is 0 Å². The number of para-hydroxylation sites is 1. The number of hydrogen-bond donors (Lipinski definition) is 1. The molecule has 2 N–H and O–H groups in total. The number of aliphatic imine (C=N–C) groups is 1. The summed E-state index contributed by atoms with van der Waals surface area (Å²) in [7, 11) is 0. The Morgan fingerprint density at radius 1 is 1.26 bits per heavy atom. The lowest BCUT2D eigenvalue weighted by Gasteiger charge is -2.24. The zero-order valence-corrected chi connectivity index (χ0v) is 15.1. The van der Waals surface area contributed by atoms with E-state index >= 15 is 0 Å². The van der Waals surface area contributed by atoms with Gasteiger partial charge in [-0.25, -0.2) is 4.99 Å². The van der Waals surface area contributed by atoms with Gasteiger partial charge in [-0.1, -0.05) is 24.8 Å². The van der Waals surface area contributed by atoms with Gasteiger partial charge in [0.1, 0.15) is 5.82 Å².